The number of benzene rings is 2. The minimum Gasteiger partial charge on any atom is -0.491 e. The molecule has 0 aromatic heterocycles. The van der Waals surface area contributed by atoms with Crippen molar-refractivity contribution in [2.45, 2.75) is 70.3 Å². The number of rotatable bonds is 7. The number of ether oxygens (including phenoxy) is 3. The summed E-state index contributed by atoms with van der Waals surface area (Å²) in [6.45, 7) is 4.80. The molecule has 0 bridgehead atoms. The van der Waals surface area contributed by atoms with Gasteiger partial charge in [-0.3, -0.25) is 0 Å². The van der Waals surface area contributed by atoms with Crippen LogP contribution in [-0.4, -0.2) is 25.2 Å². The van der Waals surface area contributed by atoms with Gasteiger partial charge in [-0.2, -0.15) is 22.0 Å². The molecule has 1 saturated carbocycles. The number of alkyl halides is 5. The SMILES string of the molecule is CCOc1ccc2c(c1F)C(F)(F)C(F)(F)c1c-2ccc(OC(C)(F)C2CCC(OCC)CC2)c1F. The summed E-state index contributed by atoms with van der Waals surface area (Å²) in [5.74, 6) is -18.4. The first-order valence-electron chi connectivity index (χ1n) is 11.9. The molecule has 0 aliphatic heterocycles. The highest BCUT2D eigenvalue weighted by Crippen LogP contribution is 2.60. The standard InChI is InChI=1S/C26H27F7O3/c1-4-34-15-8-6-14(7-9-15)24(3,29)36-19-13-11-17-16-10-12-18(35-5-2)22(27)20(16)25(30,31)26(32,33)21(17)23(19)28/h10-15H,4-9H2,1-3H3. The highest BCUT2D eigenvalue weighted by atomic mass is 19.3. The van der Waals surface area contributed by atoms with E-state index in [4.69, 9.17) is 14.2 Å². The molecule has 0 saturated heterocycles. The second-order valence-electron chi connectivity index (χ2n) is 9.20. The van der Waals surface area contributed by atoms with E-state index in [-0.39, 0.29) is 12.7 Å². The number of hydrogen-bond donors (Lipinski definition) is 0. The smallest absolute Gasteiger partial charge is 0.343 e. The lowest BCUT2D eigenvalue weighted by Gasteiger charge is -2.38. The van der Waals surface area contributed by atoms with Crippen molar-refractivity contribution in [3.63, 3.8) is 0 Å². The molecule has 2 aliphatic carbocycles. The first-order chi connectivity index (χ1) is 16.9. The molecular formula is C26H27F7O3. The predicted molar refractivity (Wildman–Crippen MR) is 118 cm³/mol. The molecule has 198 valence electrons. The Hall–Kier alpha value is -2.49. The molecule has 0 amide bonds. The average Bonchev–Trinajstić information content (AvgIpc) is 2.81. The summed E-state index contributed by atoms with van der Waals surface area (Å²) in [7, 11) is 0. The fraction of sp³-hybridized carbons (Fsp3) is 0.538. The number of halogens is 7. The summed E-state index contributed by atoms with van der Waals surface area (Å²) in [6.07, 6.45) is 1.77. The van der Waals surface area contributed by atoms with Crippen LogP contribution in [0.15, 0.2) is 24.3 Å². The van der Waals surface area contributed by atoms with E-state index >= 15 is 26.3 Å². The van der Waals surface area contributed by atoms with Crippen LogP contribution in [0, 0.1) is 17.6 Å². The van der Waals surface area contributed by atoms with Crippen molar-refractivity contribution in [2.24, 2.45) is 5.92 Å². The Bertz CT molecular complexity index is 1130. The number of hydrogen-bond acceptors (Lipinski definition) is 3. The van der Waals surface area contributed by atoms with E-state index in [1.54, 1.807) is 0 Å². The maximum atomic E-state index is 15.5. The van der Waals surface area contributed by atoms with E-state index < -0.39 is 69.0 Å². The van der Waals surface area contributed by atoms with Crippen molar-refractivity contribution in [3.05, 3.63) is 47.0 Å². The largest absolute Gasteiger partial charge is 0.491 e. The van der Waals surface area contributed by atoms with Crippen LogP contribution in [0.5, 0.6) is 11.5 Å². The van der Waals surface area contributed by atoms with Crippen LogP contribution in [0.2, 0.25) is 0 Å². The lowest BCUT2D eigenvalue weighted by atomic mass is 9.79. The summed E-state index contributed by atoms with van der Waals surface area (Å²) >= 11 is 0. The highest BCUT2D eigenvalue weighted by Gasteiger charge is 2.65. The van der Waals surface area contributed by atoms with Crippen molar-refractivity contribution >= 4 is 0 Å². The predicted octanol–water partition coefficient (Wildman–Crippen LogP) is 7.89. The van der Waals surface area contributed by atoms with Crippen LogP contribution in [-0.2, 0) is 16.6 Å². The Balaban J connectivity index is 1.73. The Morgan fingerprint density at radius 1 is 0.806 bits per heavy atom. The third kappa shape index (κ3) is 4.21. The summed E-state index contributed by atoms with van der Waals surface area (Å²) in [4.78, 5) is 0. The summed E-state index contributed by atoms with van der Waals surface area (Å²) in [5, 5.41) is 0. The van der Waals surface area contributed by atoms with Crippen LogP contribution in [0.1, 0.15) is 57.6 Å². The first-order valence-corrected chi connectivity index (χ1v) is 11.9. The van der Waals surface area contributed by atoms with Crippen LogP contribution in [0.4, 0.5) is 30.7 Å². The molecule has 3 nitrogen and oxygen atoms in total. The molecule has 2 aromatic carbocycles. The lowest BCUT2D eigenvalue weighted by molar-refractivity contribution is -0.228. The summed E-state index contributed by atoms with van der Waals surface area (Å²) < 4.78 is 122. The van der Waals surface area contributed by atoms with E-state index in [1.807, 2.05) is 6.92 Å². The molecule has 10 heteroatoms. The Labute approximate surface area is 204 Å². The Morgan fingerprint density at radius 2 is 1.31 bits per heavy atom. The summed E-state index contributed by atoms with van der Waals surface area (Å²) in [6, 6.07) is 3.80. The van der Waals surface area contributed by atoms with Gasteiger partial charge in [-0.1, -0.05) is 0 Å². The molecule has 0 N–H and O–H groups in total. The molecule has 0 heterocycles. The Morgan fingerprint density at radius 3 is 1.81 bits per heavy atom. The summed E-state index contributed by atoms with van der Waals surface area (Å²) in [5.41, 5.74) is -4.49. The third-order valence-electron chi connectivity index (χ3n) is 6.94. The first kappa shape index (κ1) is 26.6. The molecule has 4 rings (SSSR count). The van der Waals surface area contributed by atoms with Crippen molar-refractivity contribution < 1.29 is 44.9 Å². The maximum absolute atomic E-state index is 15.5. The average molecular weight is 520 g/mol. The van der Waals surface area contributed by atoms with E-state index in [9.17, 15) is 4.39 Å². The molecule has 0 radical (unpaired) electrons. The fourth-order valence-electron chi connectivity index (χ4n) is 5.12. The van der Waals surface area contributed by atoms with Gasteiger partial charge in [-0.05, 0) is 74.9 Å². The van der Waals surface area contributed by atoms with Crippen molar-refractivity contribution in [1.29, 1.82) is 0 Å². The topological polar surface area (TPSA) is 27.7 Å². The van der Waals surface area contributed by atoms with Crippen LogP contribution < -0.4 is 9.47 Å². The molecular weight excluding hydrogens is 493 g/mol. The molecule has 1 unspecified atom stereocenters. The fourth-order valence-corrected chi connectivity index (χ4v) is 5.12. The quantitative estimate of drug-likeness (QED) is 0.348. The normalized spacial score (nSPS) is 23.8. The van der Waals surface area contributed by atoms with Gasteiger partial charge in [0.05, 0.1) is 23.8 Å². The van der Waals surface area contributed by atoms with Gasteiger partial charge in [0.15, 0.2) is 23.1 Å². The van der Waals surface area contributed by atoms with Gasteiger partial charge in [0.2, 0.25) is 5.85 Å². The van der Waals surface area contributed by atoms with Gasteiger partial charge in [0.25, 0.3) is 0 Å². The van der Waals surface area contributed by atoms with Crippen LogP contribution in [0.3, 0.4) is 0 Å². The minimum absolute atomic E-state index is 0.0350. The van der Waals surface area contributed by atoms with Crippen molar-refractivity contribution in [2.75, 3.05) is 13.2 Å². The van der Waals surface area contributed by atoms with Gasteiger partial charge in [0, 0.05) is 19.4 Å². The highest BCUT2D eigenvalue weighted by molar-refractivity contribution is 5.78. The van der Waals surface area contributed by atoms with E-state index in [2.05, 4.69) is 0 Å². The zero-order valence-corrected chi connectivity index (χ0v) is 20.1. The number of fused-ring (bicyclic) bond motifs is 3. The molecule has 2 aliphatic rings. The molecule has 1 fully saturated rings. The Kier molecular flexibility index (Phi) is 6.96. The zero-order valence-electron chi connectivity index (χ0n) is 20.1. The van der Waals surface area contributed by atoms with Crippen LogP contribution in [0.25, 0.3) is 11.1 Å². The second-order valence-corrected chi connectivity index (χ2v) is 9.20. The van der Waals surface area contributed by atoms with Crippen LogP contribution >= 0.6 is 0 Å². The molecule has 1 atom stereocenters. The molecule has 36 heavy (non-hydrogen) atoms. The minimum atomic E-state index is -5.15. The van der Waals surface area contributed by atoms with E-state index in [0.717, 1.165) is 31.2 Å². The van der Waals surface area contributed by atoms with Crippen molar-refractivity contribution in [3.8, 4) is 22.6 Å². The molecule has 0 spiro atoms. The maximum Gasteiger partial charge on any atom is 0.343 e. The van der Waals surface area contributed by atoms with E-state index in [0.29, 0.717) is 32.3 Å². The third-order valence-corrected chi connectivity index (χ3v) is 6.94. The van der Waals surface area contributed by atoms with Gasteiger partial charge < -0.3 is 14.2 Å². The van der Waals surface area contributed by atoms with Gasteiger partial charge >= 0.3 is 11.8 Å². The lowest BCUT2D eigenvalue weighted by Crippen LogP contribution is -2.42. The monoisotopic (exact) mass is 520 g/mol. The van der Waals surface area contributed by atoms with Gasteiger partial charge in [0.1, 0.15) is 0 Å². The van der Waals surface area contributed by atoms with Gasteiger partial charge in [-0.15, -0.1) is 0 Å². The second kappa shape index (κ2) is 9.43. The zero-order chi connectivity index (χ0) is 26.5. The van der Waals surface area contributed by atoms with E-state index in [1.165, 1.54) is 6.92 Å². The van der Waals surface area contributed by atoms with Gasteiger partial charge in [-0.25, -0.2) is 8.78 Å². The molecule has 2 aromatic rings. The van der Waals surface area contributed by atoms with Crippen molar-refractivity contribution in [1.82, 2.24) is 0 Å².